The molecule has 0 aromatic heterocycles. The van der Waals surface area contributed by atoms with Gasteiger partial charge in [-0.05, 0) is 36.6 Å². The van der Waals surface area contributed by atoms with Crippen LogP contribution in [0.1, 0.15) is 11.5 Å². The van der Waals surface area contributed by atoms with Crippen molar-refractivity contribution in [3.05, 3.63) is 29.8 Å². The quantitative estimate of drug-likeness (QED) is 0.876. The van der Waals surface area contributed by atoms with Gasteiger partial charge in [0.15, 0.2) is 0 Å². The number of hydrogen-bond donors (Lipinski definition) is 1. The molecule has 2 nitrogen and oxygen atoms in total. The van der Waals surface area contributed by atoms with Crippen molar-refractivity contribution < 1.29 is 0 Å². The zero-order valence-corrected chi connectivity index (χ0v) is 11.5. The molecule has 3 atom stereocenters. The molecule has 1 N–H and O–H groups in total. The molecule has 3 unspecified atom stereocenters. The molecule has 18 heavy (non-hydrogen) atoms. The number of nitrogens with zero attached hydrogens (tertiary/aromatic N) is 1. The molecular formula is C15H20N2S. The van der Waals surface area contributed by atoms with Gasteiger partial charge in [0.2, 0.25) is 0 Å². The van der Waals surface area contributed by atoms with E-state index in [1.165, 1.54) is 43.4 Å². The van der Waals surface area contributed by atoms with E-state index in [0.717, 1.165) is 17.8 Å². The van der Waals surface area contributed by atoms with Crippen LogP contribution in [0.3, 0.4) is 0 Å². The van der Waals surface area contributed by atoms with E-state index in [9.17, 15) is 0 Å². The molecule has 3 aliphatic rings. The molecule has 1 aromatic rings. The van der Waals surface area contributed by atoms with Crippen LogP contribution in [0.25, 0.3) is 0 Å². The Morgan fingerprint density at radius 2 is 1.94 bits per heavy atom. The molecule has 0 bridgehead atoms. The molecule has 1 aromatic carbocycles. The second-order valence-corrected chi connectivity index (χ2v) is 7.00. The first kappa shape index (κ1) is 11.3. The molecule has 2 fully saturated rings. The zero-order valence-electron chi connectivity index (χ0n) is 10.6. The van der Waals surface area contributed by atoms with Gasteiger partial charge in [-0.1, -0.05) is 18.2 Å². The third-order valence-electron chi connectivity index (χ3n) is 4.74. The summed E-state index contributed by atoms with van der Waals surface area (Å²) in [5, 5.41) is 3.52. The summed E-state index contributed by atoms with van der Waals surface area (Å²) in [6.45, 7) is 6.41. The highest BCUT2D eigenvalue weighted by Crippen LogP contribution is 2.40. The largest absolute Gasteiger partial charge is 0.316 e. The first-order valence-corrected chi connectivity index (χ1v) is 8.03. The molecule has 0 aliphatic carbocycles. The highest BCUT2D eigenvalue weighted by molar-refractivity contribution is 7.99. The van der Waals surface area contributed by atoms with E-state index in [4.69, 9.17) is 0 Å². The van der Waals surface area contributed by atoms with E-state index in [0.29, 0.717) is 0 Å². The van der Waals surface area contributed by atoms with Crippen molar-refractivity contribution >= 4 is 11.8 Å². The lowest BCUT2D eigenvalue weighted by Gasteiger charge is -2.21. The Labute approximate surface area is 113 Å². The standard InChI is InChI=1S/C15H20N2S/c1-2-4-15-14(3-1)13(10-18-15)9-17-7-11-5-16-6-12(11)8-17/h1-4,11-13,16H,5-10H2. The van der Waals surface area contributed by atoms with E-state index >= 15 is 0 Å². The fourth-order valence-electron chi connectivity index (χ4n) is 3.79. The molecule has 96 valence electrons. The third-order valence-corrected chi connectivity index (χ3v) is 5.99. The maximum Gasteiger partial charge on any atom is 0.0108 e. The molecule has 3 heterocycles. The first-order valence-electron chi connectivity index (χ1n) is 7.05. The zero-order chi connectivity index (χ0) is 11.9. The Morgan fingerprint density at radius 1 is 1.17 bits per heavy atom. The number of rotatable bonds is 2. The number of likely N-dealkylation sites (tertiary alicyclic amines) is 1. The van der Waals surface area contributed by atoms with Crippen molar-refractivity contribution in [2.24, 2.45) is 11.8 Å². The van der Waals surface area contributed by atoms with Crippen molar-refractivity contribution in [2.75, 3.05) is 38.5 Å². The van der Waals surface area contributed by atoms with Crippen LogP contribution in [0.4, 0.5) is 0 Å². The van der Waals surface area contributed by atoms with Crippen LogP contribution in [0, 0.1) is 11.8 Å². The van der Waals surface area contributed by atoms with Crippen molar-refractivity contribution in [1.29, 1.82) is 0 Å². The summed E-state index contributed by atoms with van der Waals surface area (Å²) < 4.78 is 0. The molecule has 3 aliphatic heterocycles. The summed E-state index contributed by atoms with van der Waals surface area (Å²) in [6.07, 6.45) is 0. The molecule has 0 saturated carbocycles. The Kier molecular flexibility index (Phi) is 2.86. The highest BCUT2D eigenvalue weighted by Gasteiger charge is 2.37. The normalized spacial score (nSPS) is 34.8. The van der Waals surface area contributed by atoms with Gasteiger partial charge in [0.25, 0.3) is 0 Å². The minimum absolute atomic E-state index is 0.762. The minimum Gasteiger partial charge on any atom is -0.316 e. The summed E-state index contributed by atoms with van der Waals surface area (Å²) in [7, 11) is 0. The van der Waals surface area contributed by atoms with Gasteiger partial charge >= 0.3 is 0 Å². The summed E-state index contributed by atoms with van der Waals surface area (Å²) in [5.74, 6) is 3.89. The van der Waals surface area contributed by atoms with Crippen LogP contribution >= 0.6 is 11.8 Å². The van der Waals surface area contributed by atoms with Gasteiger partial charge in [-0.15, -0.1) is 11.8 Å². The van der Waals surface area contributed by atoms with E-state index in [1.54, 1.807) is 5.56 Å². The maximum atomic E-state index is 3.52. The molecular weight excluding hydrogens is 240 g/mol. The van der Waals surface area contributed by atoms with Crippen molar-refractivity contribution in [1.82, 2.24) is 10.2 Å². The molecule has 2 saturated heterocycles. The predicted molar refractivity (Wildman–Crippen MR) is 76.2 cm³/mol. The van der Waals surface area contributed by atoms with E-state index in [1.807, 2.05) is 11.8 Å². The van der Waals surface area contributed by atoms with Crippen LogP contribution in [-0.2, 0) is 0 Å². The number of thioether (sulfide) groups is 1. The number of nitrogens with one attached hydrogen (secondary N) is 1. The average Bonchev–Trinajstić information content (AvgIpc) is 3.04. The first-order chi connectivity index (χ1) is 8.90. The fraction of sp³-hybridized carbons (Fsp3) is 0.600. The molecule has 4 rings (SSSR count). The Morgan fingerprint density at radius 3 is 2.78 bits per heavy atom. The summed E-state index contributed by atoms with van der Waals surface area (Å²) in [6, 6.07) is 8.97. The summed E-state index contributed by atoms with van der Waals surface area (Å²) in [4.78, 5) is 4.23. The smallest absolute Gasteiger partial charge is 0.0108 e. The van der Waals surface area contributed by atoms with Crippen LogP contribution in [-0.4, -0.2) is 43.4 Å². The van der Waals surface area contributed by atoms with Crippen LogP contribution in [0.2, 0.25) is 0 Å². The second-order valence-electron chi connectivity index (χ2n) is 5.94. The van der Waals surface area contributed by atoms with Gasteiger partial charge in [0, 0.05) is 36.2 Å². The van der Waals surface area contributed by atoms with Gasteiger partial charge in [-0.25, -0.2) is 0 Å². The Balaban J connectivity index is 1.45. The lowest BCUT2D eigenvalue weighted by atomic mass is 10.0. The second kappa shape index (κ2) is 4.55. The van der Waals surface area contributed by atoms with Crippen molar-refractivity contribution in [3.8, 4) is 0 Å². The monoisotopic (exact) mass is 260 g/mol. The van der Waals surface area contributed by atoms with Crippen LogP contribution < -0.4 is 5.32 Å². The van der Waals surface area contributed by atoms with E-state index in [2.05, 4.69) is 34.5 Å². The molecule has 0 spiro atoms. The topological polar surface area (TPSA) is 15.3 Å². The number of benzene rings is 1. The highest BCUT2D eigenvalue weighted by atomic mass is 32.2. The molecule has 3 heteroatoms. The minimum atomic E-state index is 0.762. The average molecular weight is 260 g/mol. The van der Waals surface area contributed by atoms with E-state index in [-0.39, 0.29) is 0 Å². The predicted octanol–water partition coefficient (Wildman–Crippen LogP) is 2.03. The van der Waals surface area contributed by atoms with Gasteiger partial charge in [0.1, 0.15) is 0 Å². The lowest BCUT2D eigenvalue weighted by molar-refractivity contribution is 0.299. The molecule has 0 amide bonds. The third kappa shape index (κ3) is 1.89. The van der Waals surface area contributed by atoms with Gasteiger partial charge in [0.05, 0.1) is 0 Å². The van der Waals surface area contributed by atoms with E-state index < -0.39 is 0 Å². The van der Waals surface area contributed by atoms with Crippen LogP contribution in [0.5, 0.6) is 0 Å². The summed E-state index contributed by atoms with van der Waals surface area (Å²) in [5.41, 5.74) is 1.60. The maximum absolute atomic E-state index is 3.52. The van der Waals surface area contributed by atoms with Crippen molar-refractivity contribution in [3.63, 3.8) is 0 Å². The van der Waals surface area contributed by atoms with Crippen molar-refractivity contribution in [2.45, 2.75) is 10.8 Å². The van der Waals surface area contributed by atoms with Gasteiger partial charge in [-0.2, -0.15) is 0 Å². The lowest BCUT2D eigenvalue weighted by Crippen LogP contribution is -2.30. The Hall–Kier alpha value is -0.510. The summed E-state index contributed by atoms with van der Waals surface area (Å²) >= 11 is 2.04. The van der Waals surface area contributed by atoms with Gasteiger partial charge < -0.3 is 10.2 Å². The Bertz CT molecular complexity index is 436. The van der Waals surface area contributed by atoms with Gasteiger partial charge in [-0.3, -0.25) is 0 Å². The molecule has 0 radical (unpaired) electrons. The fourth-order valence-corrected chi connectivity index (χ4v) is 5.04. The number of fused-ring (bicyclic) bond motifs is 2. The van der Waals surface area contributed by atoms with Crippen LogP contribution in [0.15, 0.2) is 29.2 Å². The number of hydrogen-bond acceptors (Lipinski definition) is 3. The SMILES string of the molecule is c1ccc2c(c1)SCC2CN1CC2CNCC2C1.